The van der Waals surface area contributed by atoms with Gasteiger partial charge in [0.2, 0.25) is 0 Å². The number of para-hydroxylation sites is 1. The van der Waals surface area contributed by atoms with E-state index in [2.05, 4.69) is 52.4 Å². The van der Waals surface area contributed by atoms with Crippen LogP contribution in [0.5, 0.6) is 0 Å². The van der Waals surface area contributed by atoms with Gasteiger partial charge in [-0.05, 0) is 18.2 Å². The molecule has 0 saturated heterocycles. The number of aromatic nitrogens is 2. The molecule has 0 bridgehead atoms. The van der Waals surface area contributed by atoms with Gasteiger partial charge in [-0.2, -0.15) is 0 Å². The molecule has 2 nitrogen and oxygen atoms in total. The maximum Gasteiger partial charge on any atom is 0.0711 e. The molecule has 0 fully saturated rings. The summed E-state index contributed by atoms with van der Waals surface area (Å²) >= 11 is 6.38. The fourth-order valence-corrected chi connectivity index (χ4v) is 3.57. The third-order valence-electron chi connectivity index (χ3n) is 4.22. The Kier molecular flexibility index (Phi) is 2.04. The number of hydrogen-bond donors (Lipinski definition) is 2. The topological polar surface area (TPSA) is 31.6 Å². The number of hydrogen-bond acceptors (Lipinski definition) is 0. The maximum atomic E-state index is 6.38. The molecule has 0 spiro atoms. The number of H-pyrrole nitrogens is 2. The summed E-state index contributed by atoms with van der Waals surface area (Å²) in [6.45, 7) is 0. The van der Waals surface area contributed by atoms with E-state index in [4.69, 9.17) is 11.6 Å². The minimum atomic E-state index is 0.786. The van der Waals surface area contributed by atoms with Crippen LogP contribution in [-0.4, -0.2) is 9.97 Å². The lowest BCUT2D eigenvalue weighted by Crippen LogP contribution is -1.72. The Morgan fingerprint density at radius 1 is 0.619 bits per heavy atom. The van der Waals surface area contributed by atoms with Crippen molar-refractivity contribution in [2.75, 3.05) is 0 Å². The number of fused-ring (bicyclic) bond motifs is 7. The molecule has 0 aliphatic carbocycles. The predicted octanol–water partition coefficient (Wildman–Crippen LogP) is 5.61. The van der Waals surface area contributed by atoms with Gasteiger partial charge in [0.15, 0.2) is 0 Å². The van der Waals surface area contributed by atoms with Crippen LogP contribution in [0.25, 0.3) is 43.6 Å². The first-order valence-corrected chi connectivity index (χ1v) is 7.30. The molecular weight excluding hydrogens is 280 g/mol. The van der Waals surface area contributed by atoms with E-state index in [1.54, 1.807) is 0 Å². The lowest BCUT2D eigenvalue weighted by atomic mass is 10.1. The normalized spacial score (nSPS) is 12.0. The third kappa shape index (κ3) is 1.38. The van der Waals surface area contributed by atoms with E-state index in [-0.39, 0.29) is 0 Å². The number of aromatic amines is 2. The molecule has 0 amide bonds. The average Bonchev–Trinajstić information content (AvgIpc) is 3.05. The monoisotopic (exact) mass is 290 g/mol. The van der Waals surface area contributed by atoms with Gasteiger partial charge in [0, 0.05) is 32.6 Å². The first-order chi connectivity index (χ1) is 10.3. The molecule has 0 aliphatic rings. The van der Waals surface area contributed by atoms with Gasteiger partial charge in [0.05, 0.1) is 16.1 Å². The second kappa shape index (κ2) is 3.80. The van der Waals surface area contributed by atoms with Crippen molar-refractivity contribution >= 4 is 55.2 Å². The van der Waals surface area contributed by atoms with Crippen molar-refractivity contribution in [2.45, 2.75) is 0 Å². The fourth-order valence-electron chi connectivity index (χ4n) is 3.29. The van der Waals surface area contributed by atoms with Crippen molar-refractivity contribution in [3.63, 3.8) is 0 Å². The Bertz CT molecular complexity index is 1150. The van der Waals surface area contributed by atoms with E-state index in [1.807, 2.05) is 12.1 Å². The summed E-state index contributed by atoms with van der Waals surface area (Å²) in [5.74, 6) is 0. The summed E-state index contributed by atoms with van der Waals surface area (Å²) in [7, 11) is 0. The molecule has 0 aliphatic heterocycles. The Balaban J connectivity index is 2.09. The van der Waals surface area contributed by atoms with Crippen molar-refractivity contribution in [3.05, 3.63) is 59.6 Å². The number of nitrogens with one attached hydrogen (secondary N) is 2. The molecule has 2 heterocycles. The molecule has 21 heavy (non-hydrogen) atoms. The lowest BCUT2D eigenvalue weighted by Gasteiger charge is -1.95. The van der Waals surface area contributed by atoms with Gasteiger partial charge in [-0.3, -0.25) is 0 Å². The Hall–Kier alpha value is -2.45. The molecule has 3 aromatic carbocycles. The fraction of sp³-hybridized carbons (Fsp3) is 0. The summed E-state index contributed by atoms with van der Waals surface area (Å²) in [6, 6.07) is 18.7. The molecule has 2 aromatic heterocycles. The van der Waals surface area contributed by atoms with E-state index >= 15 is 0 Å². The molecule has 5 aromatic rings. The maximum absolute atomic E-state index is 6.38. The van der Waals surface area contributed by atoms with Crippen molar-refractivity contribution in [1.29, 1.82) is 0 Å². The van der Waals surface area contributed by atoms with Crippen LogP contribution in [-0.2, 0) is 0 Å². The van der Waals surface area contributed by atoms with E-state index in [0.717, 1.165) is 37.9 Å². The molecule has 0 atom stereocenters. The van der Waals surface area contributed by atoms with Crippen LogP contribution in [0.4, 0.5) is 0 Å². The van der Waals surface area contributed by atoms with Crippen molar-refractivity contribution in [3.8, 4) is 0 Å². The van der Waals surface area contributed by atoms with Gasteiger partial charge in [-0.25, -0.2) is 0 Å². The lowest BCUT2D eigenvalue weighted by molar-refractivity contribution is 1.51. The van der Waals surface area contributed by atoms with E-state index in [1.165, 1.54) is 10.8 Å². The first kappa shape index (κ1) is 11.2. The minimum absolute atomic E-state index is 0.786. The third-order valence-corrected chi connectivity index (χ3v) is 4.54. The molecule has 0 radical (unpaired) electrons. The highest BCUT2D eigenvalue weighted by atomic mass is 35.5. The van der Waals surface area contributed by atoms with Crippen LogP contribution in [0, 0.1) is 0 Å². The zero-order valence-electron chi connectivity index (χ0n) is 11.1. The van der Waals surface area contributed by atoms with E-state index in [9.17, 15) is 0 Å². The van der Waals surface area contributed by atoms with Crippen molar-refractivity contribution in [2.24, 2.45) is 0 Å². The van der Waals surface area contributed by atoms with Crippen LogP contribution >= 0.6 is 11.6 Å². The highest BCUT2D eigenvalue weighted by Crippen LogP contribution is 2.36. The summed E-state index contributed by atoms with van der Waals surface area (Å²) < 4.78 is 0. The number of benzene rings is 3. The zero-order valence-corrected chi connectivity index (χ0v) is 11.8. The van der Waals surface area contributed by atoms with Gasteiger partial charge in [-0.15, -0.1) is 0 Å². The standard InChI is InChI=1S/C18H11ClN2/c19-13-5-3-7-15-16(13)12-9-8-11-10-4-1-2-6-14(10)20-17(11)18(12)21-15/h1-9,20-21H. The predicted molar refractivity (Wildman–Crippen MR) is 90.2 cm³/mol. The van der Waals surface area contributed by atoms with Crippen molar-refractivity contribution in [1.82, 2.24) is 9.97 Å². The van der Waals surface area contributed by atoms with Crippen LogP contribution in [0.15, 0.2) is 54.6 Å². The van der Waals surface area contributed by atoms with Crippen molar-refractivity contribution < 1.29 is 0 Å². The molecule has 0 unspecified atom stereocenters. The Morgan fingerprint density at radius 2 is 1.33 bits per heavy atom. The smallest absolute Gasteiger partial charge is 0.0711 e. The molecular formula is C18H11ClN2. The van der Waals surface area contributed by atoms with E-state index < -0.39 is 0 Å². The highest BCUT2D eigenvalue weighted by molar-refractivity contribution is 6.38. The summed E-state index contributed by atoms with van der Waals surface area (Å²) in [6.07, 6.45) is 0. The van der Waals surface area contributed by atoms with Gasteiger partial charge < -0.3 is 9.97 Å². The van der Waals surface area contributed by atoms with Gasteiger partial charge >= 0.3 is 0 Å². The molecule has 2 N–H and O–H groups in total. The molecule has 3 heteroatoms. The van der Waals surface area contributed by atoms with Gasteiger partial charge in [-0.1, -0.05) is 48.0 Å². The largest absolute Gasteiger partial charge is 0.353 e. The molecule has 100 valence electrons. The van der Waals surface area contributed by atoms with E-state index in [0.29, 0.717) is 0 Å². The zero-order chi connectivity index (χ0) is 14.0. The second-order valence-corrected chi connectivity index (χ2v) is 5.78. The Labute approximate surface area is 125 Å². The summed E-state index contributed by atoms with van der Waals surface area (Å²) in [4.78, 5) is 7.03. The second-order valence-electron chi connectivity index (χ2n) is 5.37. The molecule has 5 rings (SSSR count). The minimum Gasteiger partial charge on any atom is -0.353 e. The van der Waals surface area contributed by atoms with Crippen LogP contribution < -0.4 is 0 Å². The number of halogens is 1. The van der Waals surface area contributed by atoms with Gasteiger partial charge in [0.25, 0.3) is 0 Å². The van der Waals surface area contributed by atoms with Crippen LogP contribution in [0.2, 0.25) is 5.02 Å². The van der Waals surface area contributed by atoms with Crippen LogP contribution in [0.1, 0.15) is 0 Å². The number of rotatable bonds is 0. The highest BCUT2D eigenvalue weighted by Gasteiger charge is 2.12. The van der Waals surface area contributed by atoms with Crippen LogP contribution in [0.3, 0.4) is 0 Å². The molecule has 0 saturated carbocycles. The van der Waals surface area contributed by atoms with Gasteiger partial charge in [0.1, 0.15) is 0 Å². The Morgan fingerprint density at radius 3 is 2.29 bits per heavy atom. The summed E-state index contributed by atoms with van der Waals surface area (Å²) in [5, 5.41) is 5.53. The SMILES string of the molecule is Clc1cccc2[nH]c3c(ccc4c5ccccc5[nH]c43)c12. The summed E-state index contributed by atoms with van der Waals surface area (Å²) in [5.41, 5.74) is 4.49. The average molecular weight is 291 g/mol. The quantitative estimate of drug-likeness (QED) is 0.371. The first-order valence-electron chi connectivity index (χ1n) is 6.92.